The van der Waals surface area contributed by atoms with Crippen LogP contribution in [0, 0.1) is 5.92 Å². The van der Waals surface area contributed by atoms with Crippen LogP contribution < -0.4 is 5.32 Å². The molecule has 2 N–H and O–H groups in total. The fourth-order valence-corrected chi connectivity index (χ4v) is 2.64. The van der Waals surface area contributed by atoms with E-state index < -0.39 is 35.4 Å². The molecule has 0 aromatic rings. The molecule has 2 atom stereocenters. The zero-order valence-electron chi connectivity index (χ0n) is 12.0. The third-order valence-electron chi connectivity index (χ3n) is 3.38. The Kier molecular flexibility index (Phi) is 3.93. The Balaban J connectivity index is 2.01. The van der Waals surface area contributed by atoms with E-state index in [1.165, 1.54) is 0 Å². The van der Waals surface area contributed by atoms with Crippen molar-refractivity contribution in [2.24, 2.45) is 5.92 Å². The fourth-order valence-electron chi connectivity index (χ4n) is 2.64. The third-order valence-corrected chi connectivity index (χ3v) is 3.38. The van der Waals surface area contributed by atoms with Crippen LogP contribution in [0.15, 0.2) is 0 Å². The number of amides is 1. The molecule has 114 valence electrons. The molecule has 1 amide bonds. The van der Waals surface area contributed by atoms with Gasteiger partial charge in [-0.2, -0.15) is 0 Å². The van der Waals surface area contributed by atoms with Gasteiger partial charge in [0, 0.05) is 12.8 Å². The van der Waals surface area contributed by atoms with Crippen LogP contribution in [0.25, 0.3) is 0 Å². The van der Waals surface area contributed by atoms with Crippen molar-refractivity contribution in [1.29, 1.82) is 0 Å². The Labute approximate surface area is 117 Å². The largest absolute Gasteiger partial charge is 0.481 e. The third kappa shape index (κ3) is 3.40. The summed E-state index contributed by atoms with van der Waals surface area (Å²) in [6, 6.07) is -0.555. The lowest BCUT2D eigenvalue weighted by Crippen LogP contribution is -2.43. The minimum Gasteiger partial charge on any atom is -0.481 e. The first-order chi connectivity index (χ1) is 9.21. The smallest absolute Gasteiger partial charge is 0.407 e. The summed E-state index contributed by atoms with van der Waals surface area (Å²) < 4.78 is 16.2. The van der Waals surface area contributed by atoms with Gasteiger partial charge in [-0.05, 0) is 20.8 Å². The van der Waals surface area contributed by atoms with Crippen molar-refractivity contribution in [3.63, 3.8) is 0 Å². The summed E-state index contributed by atoms with van der Waals surface area (Å²) in [5.41, 5.74) is -0.626. The van der Waals surface area contributed by atoms with Gasteiger partial charge in [0.15, 0.2) is 5.79 Å². The van der Waals surface area contributed by atoms with E-state index in [0.717, 1.165) is 0 Å². The lowest BCUT2D eigenvalue weighted by molar-refractivity contribution is -0.159. The Hall–Kier alpha value is -1.34. The van der Waals surface area contributed by atoms with Gasteiger partial charge in [-0.1, -0.05) is 0 Å². The summed E-state index contributed by atoms with van der Waals surface area (Å²) in [6.45, 7) is 6.15. The minimum absolute atomic E-state index is 0.239. The Bertz CT molecular complexity index is 396. The second-order valence-corrected chi connectivity index (χ2v) is 6.21. The number of ether oxygens (including phenoxy) is 3. The quantitative estimate of drug-likeness (QED) is 0.790. The molecule has 0 aromatic carbocycles. The zero-order chi connectivity index (χ0) is 15.0. The lowest BCUT2D eigenvalue weighted by atomic mass is 10.0. The summed E-state index contributed by atoms with van der Waals surface area (Å²) in [5, 5.41) is 11.9. The Morgan fingerprint density at radius 1 is 1.25 bits per heavy atom. The second-order valence-electron chi connectivity index (χ2n) is 6.21. The predicted molar refractivity (Wildman–Crippen MR) is 68.2 cm³/mol. The molecule has 0 unspecified atom stereocenters. The van der Waals surface area contributed by atoms with Gasteiger partial charge >= 0.3 is 12.1 Å². The van der Waals surface area contributed by atoms with Gasteiger partial charge in [0.25, 0.3) is 0 Å². The van der Waals surface area contributed by atoms with Gasteiger partial charge in [-0.25, -0.2) is 4.79 Å². The van der Waals surface area contributed by atoms with E-state index in [2.05, 4.69) is 5.32 Å². The van der Waals surface area contributed by atoms with Crippen LogP contribution in [0.4, 0.5) is 4.79 Å². The highest BCUT2D eigenvalue weighted by Gasteiger charge is 2.52. The summed E-state index contributed by atoms with van der Waals surface area (Å²) in [4.78, 5) is 23.1. The second kappa shape index (κ2) is 5.21. The maximum atomic E-state index is 11.8. The van der Waals surface area contributed by atoms with E-state index in [1.54, 1.807) is 20.8 Å². The van der Waals surface area contributed by atoms with Gasteiger partial charge in [0.2, 0.25) is 0 Å². The molecule has 2 fully saturated rings. The van der Waals surface area contributed by atoms with Crippen molar-refractivity contribution in [3.8, 4) is 0 Å². The number of aliphatic carboxylic acids is 1. The average molecular weight is 287 g/mol. The fraction of sp³-hybridized carbons (Fsp3) is 0.846. The van der Waals surface area contributed by atoms with Crippen molar-refractivity contribution in [2.75, 3.05) is 13.2 Å². The van der Waals surface area contributed by atoms with Gasteiger partial charge in [-0.15, -0.1) is 0 Å². The number of carbonyl (C=O) groups excluding carboxylic acids is 1. The van der Waals surface area contributed by atoms with Gasteiger partial charge in [-0.3, -0.25) is 4.79 Å². The van der Waals surface area contributed by atoms with Crippen LogP contribution in [0.2, 0.25) is 0 Å². The standard InChI is InChI=1S/C13H21NO6/c1-12(2,3)20-11(17)14-9-7-13(18-4-5-19-13)6-8(9)10(15)16/h8-9H,4-7H2,1-3H3,(H,14,17)(H,15,16)/t8-,9-/m0/s1. The molecule has 1 aliphatic carbocycles. The van der Waals surface area contributed by atoms with Gasteiger partial charge in [0.05, 0.1) is 25.2 Å². The number of alkyl carbamates (subject to hydrolysis) is 1. The van der Waals surface area contributed by atoms with Crippen molar-refractivity contribution in [2.45, 2.75) is 51.0 Å². The number of hydrogen-bond acceptors (Lipinski definition) is 5. The van der Waals surface area contributed by atoms with Crippen LogP contribution in [-0.4, -0.2) is 47.8 Å². The van der Waals surface area contributed by atoms with E-state index in [1.807, 2.05) is 0 Å². The van der Waals surface area contributed by atoms with Crippen molar-refractivity contribution in [1.82, 2.24) is 5.32 Å². The van der Waals surface area contributed by atoms with Crippen LogP contribution in [0.1, 0.15) is 33.6 Å². The molecular weight excluding hydrogens is 266 g/mol. The van der Waals surface area contributed by atoms with Crippen molar-refractivity contribution in [3.05, 3.63) is 0 Å². The first-order valence-electron chi connectivity index (χ1n) is 6.71. The Morgan fingerprint density at radius 2 is 1.85 bits per heavy atom. The molecule has 1 spiro atoms. The van der Waals surface area contributed by atoms with Crippen LogP contribution in [0.5, 0.6) is 0 Å². The molecule has 1 heterocycles. The first-order valence-corrected chi connectivity index (χ1v) is 6.71. The van der Waals surface area contributed by atoms with Gasteiger partial charge in [0.1, 0.15) is 5.60 Å². The monoisotopic (exact) mass is 287 g/mol. The number of hydrogen-bond donors (Lipinski definition) is 2. The van der Waals surface area contributed by atoms with Crippen molar-refractivity contribution < 1.29 is 28.9 Å². The minimum atomic E-state index is -0.970. The number of carboxylic acid groups (broad SMARTS) is 1. The van der Waals surface area contributed by atoms with E-state index in [-0.39, 0.29) is 6.42 Å². The van der Waals surface area contributed by atoms with E-state index in [0.29, 0.717) is 19.6 Å². The lowest BCUT2D eigenvalue weighted by Gasteiger charge is -2.23. The molecule has 1 saturated carbocycles. The summed E-state index contributed by atoms with van der Waals surface area (Å²) >= 11 is 0. The highest BCUT2D eigenvalue weighted by Crippen LogP contribution is 2.41. The molecule has 7 nitrogen and oxygen atoms in total. The summed E-state index contributed by atoms with van der Waals surface area (Å²) in [7, 11) is 0. The molecule has 7 heteroatoms. The first kappa shape index (κ1) is 15.1. The SMILES string of the molecule is CC(C)(C)OC(=O)N[C@H]1CC2(C[C@@H]1C(=O)O)OCCO2. The number of rotatable bonds is 2. The zero-order valence-corrected chi connectivity index (χ0v) is 12.0. The number of carbonyl (C=O) groups is 2. The van der Waals surface area contributed by atoms with Gasteiger partial charge < -0.3 is 24.6 Å². The molecule has 2 rings (SSSR count). The van der Waals surface area contributed by atoms with E-state index >= 15 is 0 Å². The normalized spacial score (nSPS) is 28.6. The average Bonchev–Trinajstić information content (AvgIpc) is 2.84. The molecule has 2 aliphatic rings. The van der Waals surface area contributed by atoms with E-state index in [9.17, 15) is 14.7 Å². The van der Waals surface area contributed by atoms with Crippen LogP contribution >= 0.6 is 0 Å². The summed E-state index contributed by atoms with van der Waals surface area (Å²) in [6.07, 6.45) is -0.0600. The maximum Gasteiger partial charge on any atom is 0.407 e. The molecule has 0 bridgehead atoms. The topological polar surface area (TPSA) is 94.1 Å². The molecular formula is C13H21NO6. The molecule has 0 aromatic heterocycles. The summed E-state index contributed by atoms with van der Waals surface area (Å²) in [5.74, 6) is -2.58. The molecule has 1 saturated heterocycles. The number of carboxylic acids is 1. The number of nitrogens with one attached hydrogen (secondary N) is 1. The van der Waals surface area contributed by atoms with Crippen molar-refractivity contribution >= 4 is 12.1 Å². The highest BCUT2D eigenvalue weighted by atomic mass is 16.7. The maximum absolute atomic E-state index is 11.8. The molecule has 20 heavy (non-hydrogen) atoms. The van der Waals surface area contributed by atoms with Crippen LogP contribution in [-0.2, 0) is 19.0 Å². The van der Waals surface area contributed by atoms with Crippen LogP contribution in [0.3, 0.4) is 0 Å². The molecule has 0 radical (unpaired) electrons. The predicted octanol–water partition coefficient (Wildman–Crippen LogP) is 1.12. The molecule has 1 aliphatic heterocycles. The van der Waals surface area contributed by atoms with E-state index in [4.69, 9.17) is 14.2 Å². The Morgan fingerprint density at radius 3 is 2.35 bits per heavy atom. The highest BCUT2D eigenvalue weighted by molar-refractivity contribution is 5.74.